The summed E-state index contributed by atoms with van der Waals surface area (Å²) in [6.07, 6.45) is 3.81. The Labute approximate surface area is 127 Å². The third-order valence-electron chi connectivity index (χ3n) is 3.30. The van der Waals surface area contributed by atoms with Gasteiger partial charge in [-0.05, 0) is 36.5 Å². The molecule has 2 N–H and O–H groups in total. The van der Waals surface area contributed by atoms with Crippen LogP contribution in [0, 0.1) is 0 Å². The van der Waals surface area contributed by atoms with Crippen LogP contribution in [0.25, 0.3) is 0 Å². The quantitative estimate of drug-likeness (QED) is 0.652. The standard InChI is InChI=1S/C17H27NO3/c1-14(2)15-8-7-9-16(12-15)21-13-17(20)18-10-5-3-4-6-11-19/h7-9,12,14,19H,3-6,10-11,13H2,1-2H3,(H,18,20). The van der Waals surface area contributed by atoms with E-state index >= 15 is 0 Å². The first-order valence-corrected chi connectivity index (χ1v) is 7.74. The van der Waals surface area contributed by atoms with Crippen LogP contribution in [0.5, 0.6) is 5.75 Å². The van der Waals surface area contributed by atoms with Crippen LogP contribution < -0.4 is 10.1 Å². The van der Waals surface area contributed by atoms with Gasteiger partial charge in [0.2, 0.25) is 0 Å². The lowest BCUT2D eigenvalue weighted by atomic mass is 10.0. The minimum absolute atomic E-state index is 0.0538. The first-order valence-electron chi connectivity index (χ1n) is 7.74. The number of nitrogens with one attached hydrogen (secondary N) is 1. The largest absolute Gasteiger partial charge is 0.484 e. The molecule has 0 atom stereocenters. The van der Waals surface area contributed by atoms with E-state index in [2.05, 4.69) is 25.2 Å². The van der Waals surface area contributed by atoms with Gasteiger partial charge in [-0.2, -0.15) is 0 Å². The second-order valence-electron chi connectivity index (χ2n) is 5.50. The van der Waals surface area contributed by atoms with E-state index in [0.29, 0.717) is 12.5 Å². The van der Waals surface area contributed by atoms with E-state index in [1.54, 1.807) is 0 Å². The van der Waals surface area contributed by atoms with Gasteiger partial charge in [-0.3, -0.25) is 4.79 Å². The number of amides is 1. The Morgan fingerprint density at radius 3 is 2.71 bits per heavy atom. The number of benzene rings is 1. The molecule has 21 heavy (non-hydrogen) atoms. The molecule has 1 rings (SSSR count). The van der Waals surface area contributed by atoms with Crippen molar-refractivity contribution in [1.82, 2.24) is 5.32 Å². The first kappa shape index (κ1) is 17.5. The van der Waals surface area contributed by atoms with E-state index in [1.165, 1.54) is 5.56 Å². The van der Waals surface area contributed by atoms with Crippen molar-refractivity contribution in [3.63, 3.8) is 0 Å². The molecule has 0 saturated heterocycles. The van der Waals surface area contributed by atoms with Gasteiger partial charge in [0.25, 0.3) is 5.91 Å². The zero-order chi connectivity index (χ0) is 15.5. The van der Waals surface area contributed by atoms with Gasteiger partial charge in [-0.1, -0.05) is 38.8 Å². The summed E-state index contributed by atoms with van der Waals surface area (Å²) >= 11 is 0. The Bertz CT molecular complexity index is 418. The molecule has 0 heterocycles. The molecule has 1 amide bonds. The van der Waals surface area contributed by atoms with E-state index in [-0.39, 0.29) is 19.1 Å². The molecule has 1 aromatic carbocycles. The molecular weight excluding hydrogens is 266 g/mol. The van der Waals surface area contributed by atoms with Crippen LogP contribution in [0.4, 0.5) is 0 Å². The molecule has 0 saturated carbocycles. The summed E-state index contributed by atoms with van der Waals surface area (Å²) in [7, 11) is 0. The lowest BCUT2D eigenvalue weighted by Crippen LogP contribution is -2.29. The van der Waals surface area contributed by atoms with Gasteiger partial charge in [-0.15, -0.1) is 0 Å². The van der Waals surface area contributed by atoms with Crippen molar-refractivity contribution < 1.29 is 14.6 Å². The smallest absolute Gasteiger partial charge is 0.257 e. The van der Waals surface area contributed by atoms with Crippen LogP contribution >= 0.6 is 0 Å². The first-order chi connectivity index (χ1) is 10.1. The van der Waals surface area contributed by atoms with Crippen LogP contribution in [0.1, 0.15) is 51.0 Å². The number of aliphatic hydroxyl groups is 1. The molecule has 0 aliphatic heterocycles. The summed E-state index contributed by atoms with van der Waals surface area (Å²) in [6, 6.07) is 7.86. The maximum absolute atomic E-state index is 11.6. The number of ether oxygens (including phenoxy) is 1. The molecule has 118 valence electrons. The summed E-state index contributed by atoms with van der Waals surface area (Å²) in [5, 5.41) is 11.5. The van der Waals surface area contributed by atoms with Crippen molar-refractivity contribution in [2.45, 2.75) is 45.4 Å². The van der Waals surface area contributed by atoms with Crippen LogP contribution in [0.15, 0.2) is 24.3 Å². The van der Waals surface area contributed by atoms with E-state index in [9.17, 15) is 4.79 Å². The van der Waals surface area contributed by atoms with Crippen molar-refractivity contribution in [2.75, 3.05) is 19.8 Å². The molecule has 0 aromatic heterocycles. The summed E-state index contributed by atoms with van der Waals surface area (Å²) in [5.74, 6) is 1.09. The highest BCUT2D eigenvalue weighted by Crippen LogP contribution is 2.19. The van der Waals surface area contributed by atoms with Crippen LogP contribution in [-0.2, 0) is 4.79 Å². The third-order valence-corrected chi connectivity index (χ3v) is 3.30. The van der Waals surface area contributed by atoms with Crippen molar-refractivity contribution in [2.24, 2.45) is 0 Å². The highest BCUT2D eigenvalue weighted by atomic mass is 16.5. The van der Waals surface area contributed by atoms with Gasteiger partial charge in [0.15, 0.2) is 6.61 Å². The van der Waals surface area contributed by atoms with E-state index in [1.807, 2.05) is 18.2 Å². The molecule has 0 spiro atoms. The Balaban J connectivity index is 2.19. The fraction of sp³-hybridized carbons (Fsp3) is 0.588. The number of aliphatic hydroxyl groups excluding tert-OH is 1. The van der Waals surface area contributed by atoms with Crippen LogP contribution in [0.2, 0.25) is 0 Å². The van der Waals surface area contributed by atoms with Crippen LogP contribution in [-0.4, -0.2) is 30.8 Å². The average molecular weight is 293 g/mol. The third kappa shape index (κ3) is 7.71. The fourth-order valence-electron chi connectivity index (χ4n) is 1.98. The normalized spacial score (nSPS) is 10.7. The van der Waals surface area contributed by atoms with Crippen molar-refractivity contribution >= 4 is 5.91 Å². The van der Waals surface area contributed by atoms with Crippen molar-refractivity contribution in [3.05, 3.63) is 29.8 Å². The topological polar surface area (TPSA) is 58.6 Å². The highest BCUT2D eigenvalue weighted by Gasteiger charge is 2.04. The molecule has 0 aliphatic rings. The Morgan fingerprint density at radius 2 is 2.00 bits per heavy atom. The van der Waals surface area contributed by atoms with Gasteiger partial charge in [-0.25, -0.2) is 0 Å². The van der Waals surface area contributed by atoms with E-state index in [4.69, 9.17) is 9.84 Å². The minimum atomic E-state index is -0.0906. The average Bonchev–Trinajstić information content (AvgIpc) is 2.49. The predicted molar refractivity (Wildman–Crippen MR) is 84.6 cm³/mol. The lowest BCUT2D eigenvalue weighted by molar-refractivity contribution is -0.123. The zero-order valence-electron chi connectivity index (χ0n) is 13.1. The predicted octanol–water partition coefficient (Wildman–Crippen LogP) is 2.86. The number of carbonyl (C=O) groups is 1. The van der Waals surface area contributed by atoms with Crippen LogP contribution in [0.3, 0.4) is 0 Å². The molecule has 4 heteroatoms. The van der Waals surface area contributed by atoms with Gasteiger partial charge in [0.05, 0.1) is 0 Å². The number of hydrogen-bond donors (Lipinski definition) is 2. The summed E-state index contributed by atoms with van der Waals surface area (Å²) < 4.78 is 5.51. The van der Waals surface area contributed by atoms with Crippen molar-refractivity contribution in [1.29, 1.82) is 0 Å². The maximum atomic E-state index is 11.6. The maximum Gasteiger partial charge on any atom is 0.257 e. The second-order valence-corrected chi connectivity index (χ2v) is 5.50. The monoisotopic (exact) mass is 293 g/mol. The number of rotatable bonds is 10. The Kier molecular flexibility index (Phi) is 8.51. The number of unbranched alkanes of at least 4 members (excludes halogenated alkanes) is 3. The molecule has 0 aliphatic carbocycles. The van der Waals surface area contributed by atoms with E-state index < -0.39 is 0 Å². The van der Waals surface area contributed by atoms with Gasteiger partial charge in [0.1, 0.15) is 5.75 Å². The number of carbonyl (C=O) groups excluding carboxylic acids is 1. The molecule has 4 nitrogen and oxygen atoms in total. The SMILES string of the molecule is CC(C)c1cccc(OCC(=O)NCCCCCCO)c1. The molecule has 0 unspecified atom stereocenters. The summed E-state index contributed by atoms with van der Waals surface area (Å²) in [5.41, 5.74) is 1.21. The number of hydrogen-bond acceptors (Lipinski definition) is 3. The van der Waals surface area contributed by atoms with Gasteiger partial charge < -0.3 is 15.2 Å². The summed E-state index contributed by atoms with van der Waals surface area (Å²) in [6.45, 7) is 5.22. The highest BCUT2D eigenvalue weighted by molar-refractivity contribution is 5.77. The van der Waals surface area contributed by atoms with Crippen molar-refractivity contribution in [3.8, 4) is 5.75 Å². The Hall–Kier alpha value is -1.55. The molecule has 0 bridgehead atoms. The molecular formula is C17H27NO3. The molecule has 1 aromatic rings. The summed E-state index contributed by atoms with van der Waals surface area (Å²) in [4.78, 5) is 11.6. The Morgan fingerprint density at radius 1 is 1.24 bits per heavy atom. The molecule has 0 fully saturated rings. The zero-order valence-corrected chi connectivity index (χ0v) is 13.1. The van der Waals surface area contributed by atoms with Gasteiger partial charge in [0, 0.05) is 13.2 Å². The second kappa shape index (κ2) is 10.2. The fourth-order valence-corrected chi connectivity index (χ4v) is 1.98. The lowest BCUT2D eigenvalue weighted by Gasteiger charge is -2.10. The molecule has 0 radical (unpaired) electrons. The van der Waals surface area contributed by atoms with E-state index in [0.717, 1.165) is 31.4 Å². The van der Waals surface area contributed by atoms with Gasteiger partial charge >= 0.3 is 0 Å². The minimum Gasteiger partial charge on any atom is -0.484 e.